The topological polar surface area (TPSA) is 101 Å². The zero-order valence-corrected chi connectivity index (χ0v) is 6.09. The van der Waals surface area contributed by atoms with E-state index in [1.54, 1.807) is 6.92 Å². The van der Waals surface area contributed by atoms with Crippen LogP contribution >= 0.6 is 0 Å². The number of aromatic nitrogens is 1. The highest BCUT2D eigenvalue weighted by Crippen LogP contribution is 2.15. The van der Waals surface area contributed by atoms with Crippen molar-refractivity contribution in [3.05, 3.63) is 22.5 Å². The Morgan fingerprint density at radius 1 is 1.92 bits per heavy atom. The number of carbonyl (C=O) groups is 1. The lowest BCUT2D eigenvalue weighted by atomic mass is 10.5. The highest BCUT2D eigenvalue weighted by Gasteiger charge is 2.08. The summed E-state index contributed by atoms with van der Waals surface area (Å²) in [5.41, 5.74) is 8.26. The average Bonchev–Trinajstić information content (AvgIpc) is 2.37. The van der Waals surface area contributed by atoms with Gasteiger partial charge in [0.1, 0.15) is 5.69 Å². The third kappa shape index (κ3) is 1.74. The number of aryl methyl sites for hydroxylation is 1. The van der Waals surface area contributed by atoms with Crippen molar-refractivity contribution in [1.29, 1.82) is 0 Å². The van der Waals surface area contributed by atoms with Gasteiger partial charge in [-0.2, -0.15) is 0 Å². The van der Waals surface area contributed by atoms with Crippen LogP contribution in [0.2, 0.25) is 0 Å². The highest BCUT2D eigenvalue weighted by molar-refractivity contribution is 5.70. The van der Waals surface area contributed by atoms with Crippen LogP contribution in [-0.4, -0.2) is 11.1 Å². The number of oxazole rings is 1. The summed E-state index contributed by atoms with van der Waals surface area (Å²) in [5, 5.41) is 2.67. The molecule has 7 nitrogen and oxygen atoms in total. The third-order valence-electron chi connectivity index (χ3n) is 1.01. The maximum absolute atomic E-state index is 10.5. The van der Waals surface area contributed by atoms with Crippen LogP contribution in [0.4, 0.5) is 4.79 Å². The molecular formula is C5H4N4O3. The molecule has 7 heteroatoms. The van der Waals surface area contributed by atoms with Gasteiger partial charge in [0.25, 0.3) is 0 Å². The largest absolute Gasteiger partial charge is 0.413 e. The number of carbonyl (C=O) groups excluding carboxylic acids is 1. The molecular weight excluding hydrogens is 164 g/mol. The maximum Gasteiger partial charge on any atom is 0.404 e. The van der Waals surface area contributed by atoms with Gasteiger partial charge in [0.2, 0.25) is 0 Å². The number of hydrogen-bond acceptors (Lipinski definition) is 4. The van der Waals surface area contributed by atoms with Gasteiger partial charge in [-0.05, 0) is 12.5 Å². The summed E-state index contributed by atoms with van der Waals surface area (Å²) in [6.07, 6.45) is 0.0472. The molecule has 0 aliphatic rings. The summed E-state index contributed by atoms with van der Waals surface area (Å²) in [4.78, 5) is 16.4. The first kappa shape index (κ1) is 8.09. The minimum atomic E-state index is -1.07. The summed E-state index contributed by atoms with van der Waals surface area (Å²) in [6.45, 7) is 1.59. The molecule has 1 aromatic heterocycles. The number of nitrogens with zero attached hydrogens (tertiary/aromatic N) is 4. The quantitative estimate of drug-likeness (QED) is 0.362. The summed E-state index contributed by atoms with van der Waals surface area (Å²) >= 11 is 0. The van der Waals surface area contributed by atoms with E-state index in [-0.39, 0.29) is 5.95 Å². The van der Waals surface area contributed by atoms with E-state index in [0.29, 0.717) is 5.69 Å². The van der Waals surface area contributed by atoms with Crippen molar-refractivity contribution in [3.63, 3.8) is 0 Å². The molecule has 12 heavy (non-hydrogen) atoms. The summed E-state index contributed by atoms with van der Waals surface area (Å²) in [7, 11) is 0. The van der Waals surface area contributed by atoms with E-state index < -0.39 is 6.09 Å². The van der Waals surface area contributed by atoms with Crippen LogP contribution in [0, 0.1) is 6.92 Å². The highest BCUT2D eigenvalue weighted by atomic mass is 16.6. The number of amides is 1. The fraction of sp³-hybridized carbons (Fsp3) is 0.200. The Balaban J connectivity index is 2.70. The molecule has 0 atom stereocenters. The van der Waals surface area contributed by atoms with Gasteiger partial charge in [0.15, 0.2) is 6.39 Å². The summed E-state index contributed by atoms with van der Waals surface area (Å²) < 4.78 is 9.08. The normalized spacial score (nSPS) is 8.75. The molecule has 0 saturated carbocycles. The second-order valence-corrected chi connectivity index (χ2v) is 1.78. The monoisotopic (exact) mass is 168 g/mol. The van der Waals surface area contributed by atoms with Gasteiger partial charge in [-0.1, -0.05) is 0 Å². The molecule has 0 N–H and O–H groups in total. The molecule has 0 radical (unpaired) electrons. The van der Waals surface area contributed by atoms with E-state index in [9.17, 15) is 4.79 Å². The van der Waals surface area contributed by atoms with Crippen LogP contribution < -0.4 is 4.74 Å². The molecule has 62 valence electrons. The molecule has 0 aliphatic heterocycles. The summed E-state index contributed by atoms with van der Waals surface area (Å²) in [5.74, 6) is -0.0626. The smallest absolute Gasteiger partial charge is 0.404 e. The first-order valence-corrected chi connectivity index (χ1v) is 2.91. The Morgan fingerprint density at radius 3 is 3.17 bits per heavy atom. The lowest BCUT2D eigenvalue weighted by Crippen LogP contribution is -2.00. The molecule has 0 bridgehead atoms. The van der Waals surface area contributed by atoms with Gasteiger partial charge in [-0.15, -0.1) is 0 Å². The standard InChI is InChI=1S/C5H4N4O3/c1-3-4(11-2-7-3)12-5(10)8-9-6/h2H,1H3. The molecule has 0 saturated heterocycles. The molecule has 1 rings (SSSR count). The van der Waals surface area contributed by atoms with Crippen molar-refractivity contribution < 1.29 is 13.9 Å². The lowest BCUT2D eigenvalue weighted by molar-refractivity contribution is 0.197. The number of ether oxygens (including phenoxy) is 1. The second kappa shape index (κ2) is 3.40. The molecule has 0 unspecified atom stereocenters. The minimum Gasteiger partial charge on any atom is -0.413 e. The average molecular weight is 168 g/mol. The fourth-order valence-corrected chi connectivity index (χ4v) is 0.525. The zero-order chi connectivity index (χ0) is 8.97. The van der Waals surface area contributed by atoms with E-state index >= 15 is 0 Å². The Morgan fingerprint density at radius 2 is 2.67 bits per heavy atom. The summed E-state index contributed by atoms with van der Waals surface area (Å²) in [6, 6.07) is 0. The van der Waals surface area contributed by atoms with Gasteiger partial charge in [-0.25, -0.2) is 9.78 Å². The van der Waals surface area contributed by atoms with Crippen molar-refractivity contribution in [1.82, 2.24) is 4.98 Å². The van der Waals surface area contributed by atoms with Crippen molar-refractivity contribution in [2.24, 2.45) is 5.11 Å². The van der Waals surface area contributed by atoms with Crippen molar-refractivity contribution >= 4 is 6.09 Å². The van der Waals surface area contributed by atoms with Crippen LogP contribution in [-0.2, 0) is 0 Å². The van der Waals surface area contributed by atoms with E-state index in [1.165, 1.54) is 0 Å². The number of azide groups is 1. The second-order valence-electron chi connectivity index (χ2n) is 1.78. The lowest BCUT2D eigenvalue weighted by Gasteiger charge is -1.93. The predicted octanol–water partition coefficient (Wildman–Crippen LogP) is 1.79. The third-order valence-corrected chi connectivity index (χ3v) is 1.01. The molecule has 0 fully saturated rings. The molecule has 0 aliphatic carbocycles. The number of hydrogen-bond donors (Lipinski definition) is 0. The maximum atomic E-state index is 10.5. The van der Waals surface area contributed by atoms with Crippen LogP contribution in [0.5, 0.6) is 5.95 Å². The predicted molar refractivity (Wildman–Crippen MR) is 36.4 cm³/mol. The van der Waals surface area contributed by atoms with Gasteiger partial charge in [0.05, 0.1) is 0 Å². The SMILES string of the molecule is Cc1ncoc1OC(=O)N=[N+]=[N-]. The van der Waals surface area contributed by atoms with Crippen LogP contribution in [0.25, 0.3) is 10.4 Å². The molecule has 1 heterocycles. The van der Waals surface area contributed by atoms with Crippen LogP contribution in [0.15, 0.2) is 15.9 Å². The van der Waals surface area contributed by atoms with E-state index in [4.69, 9.17) is 5.53 Å². The Kier molecular flexibility index (Phi) is 2.29. The molecule has 1 aromatic rings. The van der Waals surface area contributed by atoms with E-state index in [2.05, 4.69) is 24.2 Å². The van der Waals surface area contributed by atoms with E-state index in [1.807, 2.05) is 0 Å². The van der Waals surface area contributed by atoms with Gasteiger partial charge in [-0.3, -0.25) is 0 Å². The Hall–Kier alpha value is -2.01. The number of rotatable bonds is 1. The fourth-order valence-electron chi connectivity index (χ4n) is 0.525. The van der Waals surface area contributed by atoms with Gasteiger partial charge in [0, 0.05) is 10.0 Å². The van der Waals surface area contributed by atoms with Crippen molar-refractivity contribution in [2.75, 3.05) is 0 Å². The first-order chi connectivity index (χ1) is 5.74. The first-order valence-electron chi connectivity index (χ1n) is 2.91. The van der Waals surface area contributed by atoms with Gasteiger partial charge < -0.3 is 9.15 Å². The van der Waals surface area contributed by atoms with Crippen LogP contribution in [0.3, 0.4) is 0 Å². The Bertz CT molecular complexity index is 338. The zero-order valence-electron chi connectivity index (χ0n) is 6.09. The van der Waals surface area contributed by atoms with Gasteiger partial charge >= 0.3 is 12.0 Å². The molecule has 0 aromatic carbocycles. The van der Waals surface area contributed by atoms with Crippen molar-refractivity contribution in [3.8, 4) is 5.95 Å². The van der Waals surface area contributed by atoms with E-state index in [0.717, 1.165) is 6.39 Å². The van der Waals surface area contributed by atoms with Crippen LogP contribution in [0.1, 0.15) is 5.69 Å². The minimum absolute atomic E-state index is 0.0626. The molecule has 1 amide bonds. The molecule has 0 spiro atoms. The Labute approximate surface area is 66.6 Å². The van der Waals surface area contributed by atoms with Crippen molar-refractivity contribution in [2.45, 2.75) is 6.92 Å².